The zero-order valence-corrected chi connectivity index (χ0v) is 10.1. The standard InChI is InChI=1S/C13H17ClN2/c14-12-3-1-2-10-6-11-5-4-9(7-15)8-16(11)13(10)12/h1-3,9,11H,4-8,15H2. The molecular weight excluding hydrogens is 220 g/mol. The molecule has 0 radical (unpaired) electrons. The van der Waals surface area contributed by atoms with Gasteiger partial charge in [0, 0.05) is 12.6 Å². The summed E-state index contributed by atoms with van der Waals surface area (Å²) in [5.74, 6) is 0.637. The van der Waals surface area contributed by atoms with E-state index < -0.39 is 0 Å². The molecule has 1 aromatic carbocycles. The van der Waals surface area contributed by atoms with E-state index in [-0.39, 0.29) is 0 Å². The molecule has 1 aromatic rings. The zero-order valence-electron chi connectivity index (χ0n) is 9.32. The van der Waals surface area contributed by atoms with Crippen LogP contribution in [0.25, 0.3) is 0 Å². The van der Waals surface area contributed by atoms with E-state index in [9.17, 15) is 0 Å². The number of para-hydroxylation sites is 1. The third-order valence-corrected chi connectivity index (χ3v) is 4.26. The van der Waals surface area contributed by atoms with E-state index in [1.165, 1.54) is 24.1 Å². The fourth-order valence-electron chi connectivity index (χ4n) is 3.08. The van der Waals surface area contributed by atoms with Gasteiger partial charge in [0.2, 0.25) is 0 Å². The average molecular weight is 237 g/mol. The van der Waals surface area contributed by atoms with Gasteiger partial charge in [-0.15, -0.1) is 0 Å². The molecule has 0 aromatic heterocycles. The first kappa shape index (κ1) is 10.4. The molecule has 1 fully saturated rings. The summed E-state index contributed by atoms with van der Waals surface area (Å²) < 4.78 is 0. The summed E-state index contributed by atoms with van der Waals surface area (Å²) in [5.41, 5.74) is 8.47. The van der Waals surface area contributed by atoms with E-state index in [0.717, 1.165) is 24.5 Å². The Balaban J connectivity index is 1.95. The van der Waals surface area contributed by atoms with Crippen molar-refractivity contribution in [1.29, 1.82) is 0 Å². The maximum Gasteiger partial charge on any atom is 0.0642 e. The molecule has 2 N–H and O–H groups in total. The van der Waals surface area contributed by atoms with Crippen LogP contribution in [0.4, 0.5) is 5.69 Å². The first-order valence-corrected chi connectivity index (χ1v) is 6.41. The molecule has 3 heteroatoms. The van der Waals surface area contributed by atoms with Gasteiger partial charge in [0.05, 0.1) is 10.7 Å². The van der Waals surface area contributed by atoms with E-state index in [2.05, 4.69) is 17.0 Å². The zero-order chi connectivity index (χ0) is 11.1. The van der Waals surface area contributed by atoms with Crippen molar-refractivity contribution in [2.24, 2.45) is 11.7 Å². The minimum Gasteiger partial charge on any atom is -0.366 e. The van der Waals surface area contributed by atoms with Crippen molar-refractivity contribution in [3.05, 3.63) is 28.8 Å². The van der Waals surface area contributed by atoms with Crippen LogP contribution < -0.4 is 10.6 Å². The van der Waals surface area contributed by atoms with Gasteiger partial charge in [0.15, 0.2) is 0 Å². The highest BCUT2D eigenvalue weighted by Gasteiger charge is 2.35. The minimum absolute atomic E-state index is 0.637. The molecule has 16 heavy (non-hydrogen) atoms. The second kappa shape index (κ2) is 3.94. The van der Waals surface area contributed by atoms with Gasteiger partial charge in [-0.1, -0.05) is 23.7 Å². The maximum absolute atomic E-state index is 6.31. The molecule has 2 nitrogen and oxygen atoms in total. The first-order valence-electron chi connectivity index (χ1n) is 6.03. The van der Waals surface area contributed by atoms with Gasteiger partial charge in [0.25, 0.3) is 0 Å². The van der Waals surface area contributed by atoms with E-state index in [1.807, 2.05) is 6.07 Å². The van der Waals surface area contributed by atoms with Gasteiger partial charge in [-0.05, 0) is 43.4 Å². The van der Waals surface area contributed by atoms with E-state index in [4.69, 9.17) is 17.3 Å². The van der Waals surface area contributed by atoms with Gasteiger partial charge >= 0.3 is 0 Å². The van der Waals surface area contributed by atoms with Gasteiger partial charge in [0.1, 0.15) is 0 Å². The van der Waals surface area contributed by atoms with Crippen molar-refractivity contribution >= 4 is 17.3 Å². The van der Waals surface area contributed by atoms with E-state index in [1.54, 1.807) is 0 Å². The Morgan fingerprint density at radius 1 is 1.38 bits per heavy atom. The van der Waals surface area contributed by atoms with Crippen LogP contribution in [-0.4, -0.2) is 19.1 Å². The lowest BCUT2D eigenvalue weighted by atomic mass is 9.93. The van der Waals surface area contributed by atoms with Crippen molar-refractivity contribution in [3.8, 4) is 0 Å². The van der Waals surface area contributed by atoms with E-state index >= 15 is 0 Å². The summed E-state index contributed by atoms with van der Waals surface area (Å²) in [6.07, 6.45) is 3.68. The van der Waals surface area contributed by atoms with Crippen LogP contribution in [0.3, 0.4) is 0 Å². The van der Waals surface area contributed by atoms with Crippen LogP contribution in [-0.2, 0) is 6.42 Å². The number of anilines is 1. The van der Waals surface area contributed by atoms with Crippen molar-refractivity contribution < 1.29 is 0 Å². The molecule has 2 atom stereocenters. The number of hydrogen-bond donors (Lipinski definition) is 1. The number of fused-ring (bicyclic) bond motifs is 3. The molecule has 3 rings (SSSR count). The number of piperidine rings is 1. The number of nitrogens with zero attached hydrogens (tertiary/aromatic N) is 1. The Kier molecular flexibility index (Phi) is 2.56. The number of nitrogens with two attached hydrogens (primary N) is 1. The average Bonchev–Trinajstić information content (AvgIpc) is 2.67. The Bertz CT molecular complexity index is 405. The molecule has 0 saturated carbocycles. The Morgan fingerprint density at radius 2 is 2.25 bits per heavy atom. The molecule has 2 heterocycles. The summed E-state index contributed by atoms with van der Waals surface area (Å²) in [6.45, 7) is 1.88. The second-order valence-corrected chi connectivity index (χ2v) is 5.34. The predicted octanol–water partition coefficient (Wildman–Crippen LogP) is 2.44. The molecule has 0 aliphatic carbocycles. The molecule has 0 amide bonds. The SMILES string of the molecule is NCC1CCC2Cc3cccc(Cl)c3N2C1. The maximum atomic E-state index is 6.31. The second-order valence-electron chi connectivity index (χ2n) is 4.94. The van der Waals surface area contributed by atoms with Crippen LogP contribution in [0.1, 0.15) is 18.4 Å². The fourth-order valence-corrected chi connectivity index (χ4v) is 3.38. The third kappa shape index (κ3) is 1.52. The lowest BCUT2D eigenvalue weighted by Gasteiger charge is -2.37. The summed E-state index contributed by atoms with van der Waals surface area (Å²) in [7, 11) is 0. The topological polar surface area (TPSA) is 29.3 Å². The summed E-state index contributed by atoms with van der Waals surface area (Å²) >= 11 is 6.31. The normalized spacial score (nSPS) is 27.8. The molecule has 0 bridgehead atoms. The van der Waals surface area contributed by atoms with Crippen molar-refractivity contribution in [1.82, 2.24) is 0 Å². The smallest absolute Gasteiger partial charge is 0.0642 e. The monoisotopic (exact) mass is 236 g/mol. The number of rotatable bonds is 1. The Hall–Kier alpha value is -0.730. The van der Waals surface area contributed by atoms with Crippen molar-refractivity contribution in [2.45, 2.75) is 25.3 Å². The Morgan fingerprint density at radius 3 is 3.06 bits per heavy atom. The molecule has 2 aliphatic rings. The molecule has 1 saturated heterocycles. The summed E-state index contributed by atoms with van der Waals surface area (Å²) in [6, 6.07) is 6.92. The molecule has 86 valence electrons. The number of hydrogen-bond acceptors (Lipinski definition) is 2. The fraction of sp³-hybridized carbons (Fsp3) is 0.538. The first-order chi connectivity index (χ1) is 7.79. The highest BCUT2D eigenvalue weighted by atomic mass is 35.5. The van der Waals surface area contributed by atoms with Crippen LogP contribution in [0.2, 0.25) is 5.02 Å². The lowest BCUT2D eigenvalue weighted by Crippen LogP contribution is -2.43. The van der Waals surface area contributed by atoms with Crippen molar-refractivity contribution in [2.75, 3.05) is 18.0 Å². The molecular formula is C13H17ClN2. The van der Waals surface area contributed by atoms with Crippen LogP contribution in [0, 0.1) is 5.92 Å². The van der Waals surface area contributed by atoms with Gasteiger partial charge in [-0.3, -0.25) is 0 Å². The highest BCUT2D eigenvalue weighted by molar-refractivity contribution is 6.33. The van der Waals surface area contributed by atoms with Crippen molar-refractivity contribution in [3.63, 3.8) is 0 Å². The molecule has 0 spiro atoms. The summed E-state index contributed by atoms with van der Waals surface area (Å²) in [5, 5.41) is 0.901. The van der Waals surface area contributed by atoms with Crippen LogP contribution in [0.5, 0.6) is 0 Å². The van der Waals surface area contributed by atoms with E-state index in [0.29, 0.717) is 12.0 Å². The predicted molar refractivity (Wildman–Crippen MR) is 68.1 cm³/mol. The quantitative estimate of drug-likeness (QED) is 0.812. The highest BCUT2D eigenvalue weighted by Crippen LogP contribution is 2.42. The van der Waals surface area contributed by atoms with Crippen LogP contribution in [0.15, 0.2) is 18.2 Å². The Labute approximate surface area is 101 Å². The summed E-state index contributed by atoms with van der Waals surface area (Å²) in [4.78, 5) is 2.48. The minimum atomic E-state index is 0.637. The lowest BCUT2D eigenvalue weighted by molar-refractivity contribution is 0.372. The molecule has 2 unspecified atom stereocenters. The van der Waals surface area contributed by atoms with Gasteiger partial charge in [-0.25, -0.2) is 0 Å². The van der Waals surface area contributed by atoms with Gasteiger partial charge in [-0.2, -0.15) is 0 Å². The number of halogens is 1. The largest absolute Gasteiger partial charge is 0.366 e. The number of benzene rings is 1. The van der Waals surface area contributed by atoms with Crippen LogP contribution >= 0.6 is 11.6 Å². The van der Waals surface area contributed by atoms with Gasteiger partial charge < -0.3 is 10.6 Å². The third-order valence-electron chi connectivity index (χ3n) is 3.95. The molecule has 2 aliphatic heterocycles.